The Bertz CT molecular complexity index is 512. The SMILES string of the molecule is O=c1cnn(N2O[C@H](CO)[C@@H](O)[C@H]2O)c(=O)[nH]1. The van der Waals surface area contributed by atoms with Gasteiger partial charge in [-0.05, 0) is 0 Å². The highest BCUT2D eigenvalue weighted by Crippen LogP contribution is 2.16. The lowest BCUT2D eigenvalue weighted by atomic mass is 10.2. The third-order valence-corrected chi connectivity index (χ3v) is 2.22. The quantitative estimate of drug-likeness (QED) is 0.412. The van der Waals surface area contributed by atoms with Crippen molar-refractivity contribution in [1.29, 1.82) is 0 Å². The first-order chi connectivity index (χ1) is 8.04. The lowest BCUT2D eigenvalue weighted by molar-refractivity contribution is -0.0276. The fraction of sp³-hybridized carbons (Fsp3) is 0.571. The molecule has 94 valence electrons. The van der Waals surface area contributed by atoms with Gasteiger partial charge in [-0.3, -0.25) is 9.78 Å². The van der Waals surface area contributed by atoms with E-state index in [1.54, 1.807) is 0 Å². The molecule has 10 heteroatoms. The van der Waals surface area contributed by atoms with Crippen LogP contribution in [0.5, 0.6) is 0 Å². The Hall–Kier alpha value is -1.75. The van der Waals surface area contributed by atoms with E-state index in [4.69, 9.17) is 9.94 Å². The summed E-state index contributed by atoms with van der Waals surface area (Å²) in [5.74, 6) is 0. The zero-order chi connectivity index (χ0) is 12.6. The van der Waals surface area contributed by atoms with Crippen LogP contribution in [0.3, 0.4) is 0 Å². The van der Waals surface area contributed by atoms with Gasteiger partial charge >= 0.3 is 5.69 Å². The maximum atomic E-state index is 11.3. The maximum Gasteiger partial charge on any atom is 0.366 e. The van der Waals surface area contributed by atoms with Crippen LogP contribution in [-0.2, 0) is 4.84 Å². The van der Waals surface area contributed by atoms with Crippen molar-refractivity contribution in [1.82, 2.24) is 14.9 Å². The van der Waals surface area contributed by atoms with Gasteiger partial charge in [0.15, 0.2) is 6.23 Å². The van der Waals surface area contributed by atoms with E-state index in [9.17, 15) is 19.8 Å². The summed E-state index contributed by atoms with van der Waals surface area (Å²) in [5, 5.41) is 31.8. The summed E-state index contributed by atoms with van der Waals surface area (Å²) in [6.45, 7) is -0.549. The highest BCUT2D eigenvalue weighted by atomic mass is 16.8. The first kappa shape index (κ1) is 11.7. The summed E-state index contributed by atoms with van der Waals surface area (Å²) in [6, 6.07) is 0. The van der Waals surface area contributed by atoms with Crippen molar-refractivity contribution in [2.45, 2.75) is 18.4 Å². The predicted molar refractivity (Wildman–Crippen MR) is 51.3 cm³/mol. The second-order valence-corrected chi connectivity index (χ2v) is 3.36. The summed E-state index contributed by atoms with van der Waals surface area (Å²) in [5.41, 5.74) is -1.65. The zero-order valence-electron chi connectivity index (χ0n) is 8.42. The number of H-pyrrole nitrogens is 1. The normalized spacial score (nSPS) is 28.6. The molecule has 0 amide bonds. The lowest BCUT2D eigenvalue weighted by Gasteiger charge is -2.19. The Morgan fingerprint density at radius 3 is 2.71 bits per heavy atom. The standard InChI is InChI=1S/C7H10N4O6/c12-2-3-5(14)6(15)11(17-3)10-7(16)9-4(13)1-8-10/h1,3,5-6,12,14-15H,2H2,(H,9,13,16)/t3-,5-,6-/m1/s1. The molecule has 3 atom stereocenters. The van der Waals surface area contributed by atoms with Crippen LogP contribution in [0.25, 0.3) is 0 Å². The van der Waals surface area contributed by atoms with Crippen molar-refractivity contribution in [3.63, 3.8) is 0 Å². The number of rotatable bonds is 2. The Balaban J connectivity index is 2.35. The number of aliphatic hydroxyl groups is 3. The average molecular weight is 246 g/mol. The van der Waals surface area contributed by atoms with E-state index in [2.05, 4.69) is 5.10 Å². The fourth-order valence-corrected chi connectivity index (χ4v) is 1.37. The fourth-order valence-electron chi connectivity index (χ4n) is 1.37. The first-order valence-corrected chi connectivity index (χ1v) is 4.66. The molecule has 17 heavy (non-hydrogen) atoms. The molecule has 1 saturated heterocycles. The Kier molecular flexibility index (Phi) is 2.93. The van der Waals surface area contributed by atoms with Crippen molar-refractivity contribution in [2.75, 3.05) is 11.8 Å². The minimum Gasteiger partial charge on any atom is -0.393 e. The van der Waals surface area contributed by atoms with Gasteiger partial charge in [-0.25, -0.2) is 9.63 Å². The molecule has 1 aromatic rings. The van der Waals surface area contributed by atoms with Crippen molar-refractivity contribution >= 4 is 0 Å². The molecule has 1 aliphatic heterocycles. The number of nitrogens with one attached hydrogen (secondary N) is 1. The van der Waals surface area contributed by atoms with Gasteiger partial charge in [-0.2, -0.15) is 0 Å². The van der Waals surface area contributed by atoms with Crippen LogP contribution in [0.1, 0.15) is 0 Å². The van der Waals surface area contributed by atoms with Crippen LogP contribution >= 0.6 is 0 Å². The van der Waals surface area contributed by atoms with E-state index in [0.717, 1.165) is 6.20 Å². The van der Waals surface area contributed by atoms with Crippen molar-refractivity contribution in [2.24, 2.45) is 0 Å². The summed E-state index contributed by atoms with van der Waals surface area (Å²) >= 11 is 0. The summed E-state index contributed by atoms with van der Waals surface area (Å²) in [6.07, 6.45) is -3.26. The van der Waals surface area contributed by atoms with Crippen LogP contribution < -0.4 is 16.4 Å². The summed E-state index contributed by atoms with van der Waals surface area (Å²) in [4.78, 5) is 29.5. The Morgan fingerprint density at radius 2 is 2.18 bits per heavy atom. The molecule has 1 aromatic heterocycles. The Labute approximate surface area is 93.2 Å². The molecule has 2 heterocycles. The number of hydrogen-bond acceptors (Lipinski definition) is 8. The largest absolute Gasteiger partial charge is 0.393 e. The van der Waals surface area contributed by atoms with Crippen molar-refractivity contribution < 1.29 is 20.2 Å². The third kappa shape index (κ3) is 1.93. The average Bonchev–Trinajstić information content (AvgIpc) is 2.57. The predicted octanol–water partition coefficient (Wildman–Crippen LogP) is -4.14. The molecule has 1 aliphatic rings. The Morgan fingerprint density at radius 1 is 1.47 bits per heavy atom. The minimum absolute atomic E-state index is 0.533. The number of hydrogen-bond donors (Lipinski definition) is 4. The van der Waals surface area contributed by atoms with Gasteiger partial charge in [0.1, 0.15) is 18.4 Å². The van der Waals surface area contributed by atoms with E-state index < -0.39 is 36.3 Å². The second-order valence-electron chi connectivity index (χ2n) is 3.36. The van der Waals surface area contributed by atoms with Crippen LogP contribution in [0.2, 0.25) is 0 Å². The molecule has 0 aliphatic carbocycles. The molecule has 0 unspecified atom stereocenters. The van der Waals surface area contributed by atoms with Crippen LogP contribution in [0.4, 0.5) is 0 Å². The third-order valence-electron chi connectivity index (χ3n) is 2.22. The number of aliphatic hydroxyl groups excluding tert-OH is 3. The molecular weight excluding hydrogens is 236 g/mol. The molecule has 0 aromatic carbocycles. The van der Waals surface area contributed by atoms with Gasteiger partial charge in [-0.15, -0.1) is 10.3 Å². The van der Waals surface area contributed by atoms with Gasteiger partial charge in [-0.1, -0.05) is 4.79 Å². The number of aromatic amines is 1. The van der Waals surface area contributed by atoms with Crippen LogP contribution in [0, 0.1) is 0 Å². The lowest BCUT2D eigenvalue weighted by Crippen LogP contribution is -2.50. The molecule has 1 fully saturated rings. The van der Waals surface area contributed by atoms with E-state index in [0.29, 0.717) is 9.96 Å². The van der Waals surface area contributed by atoms with E-state index >= 15 is 0 Å². The maximum absolute atomic E-state index is 11.3. The number of nitrogens with zero attached hydrogens (tertiary/aromatic N) is 3. The smallest absolute Gasteiger partial charge is 0.366 e. The molecule has 4 N–H and O–H groups in total. The second kappa shape index (κ2) is 4.25. The molecule has 0 radical (unpaired) electrons. The molecular formula is C7H10N4O6. The molecule has 0 bridgehead atoms. The number of aromatic nitrogens is 3. The van der Waals surface area contributed by atoms with Gasteiger partial charge in [0.05, 0.1) is 6.61 Å². The molecule has 0 saturated carbocycles. The van der Waals surface area contributed by atoms with Gasteiger partial charge in [0, 0.05) is 0 Å². The molecule has 0 spiro atoms. The minimum atomic E-state index is -1.58. The van der Waals surface area contributed by atoms with Crippen molar-refractivity contribution in [3.8, 4) is 0 Å². The van der Waals surface area contributed by atoms with E-state index in [-0.39, 0.29) is 0 Å². The van der Waals surface area contributed by atoms with Gasteiger partial charge in [0.2, 0.25) is 0 Å². The van der Waals surface area contributed by atoms with Gasteiger partial charge in [0.25, 0.3) is 5.56 Å². The topological polar surface area (TPSA) is 141 Å². The molecule has 2 rings (SSSR count). The van der Waals surface area contributed by atoms with Crippen LogP contribution in [0.15, 0.2) is 15.8 Å². The molecule has 10 nitrogen and oxygen atoms in total. The van der Waals surface area contributed by atoms with Crippen molar-refractivity contribution in [3.05, 3.63) is 27.0 Å². The summed E-state index contributed by atoms with van der Waals surface area (Å²) < 4.78 is 0. The van der Waals surface area contributed by atoms with Gasteiger partial charge < -0.3 is 15.3 Å². The monoisotopic (exact) mass is 246 g/mol. The van der Waals surface area contributed by atoms with E-state index in [1.807, 2.05) is 4.98 Å². The highest BCUT2D eigenvalue weighted by Gasteiger charge is 2.42. The highest BCUT2D eigenvalue weighted by molar-refractivity contribution is 4.92. The van der Waals surface area contributed by atoms with E-state index in [1.165, 1.54) is 0 Å². The first-order valence-electron chi connectivity index (χ1n) is 4.66. The summed E-state index contributed by atoms with van der Waals surface area (Å²) in [7, 11) is 0. The van der Waals surface area contributed by atoms with Crippen LogP contribution in [-0.4, -0.2) is 55.2 Å². The number of hydroxylamine groups is 1. The zero-order valence-corrected chi connectivity index (χ0v) is 8.42.